The molecule has 2 rings (SSSR count). The third-order valence-electron chi connectivity index (χ3n) is 2.93. The lowest BCUT2D eigenvalue weighted by Gasteiger charge is -2.18. The van der Waals surface area contributed by atoms with E-state index in [-0.39, 0.29) is 11.1 Å². The summed E-state index contributed by atoms with van der Waals surface area (Å²) in [6.45, 7) is 6.95. The Balaban J connectivity index is 2.68. The number of aryl methyl sites for hydroxylation is 2. The van der Waals surface area contributed by atoms with Crippen molar-refractivity contribution >= 4 is 0 Å². The highest BCUT2D eigenvalue weighted by Gasteiger charge is 2.23. The van der Waals surface area contributed by atoms with E-state index in [2.05, 4.69) is 5.10 Å². The van der Waals surface area contributed by atoms with Crippen LogP contribution in [0.3, 0.4) is 0 Å². The van der Waals surface area contributed by atoms with Crippen LogP contribution in [0.15, 0.2) is 35.1 Å². The van der Waals surface area contributed by atoms with Crippen molar-refractivity contribution in [1.29, 1.82) is 0 Å². The Labute approximate surface area is 112 Å². The van der Waals surface area contributed by atoms with E-state index >= 15 is 0 Å². The van der Waals surface area contributed by atoms with Gasteiger partial charge >= 0.3 is 0 Å². The topological polar surface area (TPSA) is 55.1 Å². The first kappa shape index (κ1) is 13.5. The molecule has 0 saturated heterocycles. The van der Waals surface area contributed by atoms with Crippen LogP contribution in [0, 0.1) is 13.8 Å². The Kier molecular flexibility index (Phi) is 3.28. The Morgan fingerprint density at radius 2 is 1.89 bits per heavy atom. The molecule has 0 radical (unpaired) electrons. The summed E-state index contributed by atoms with van der Waals surface area (Å²) in [7, 11) is 0. The van der Waals surface area contributed by atoms with Crippen LogP contribution in [0.1, 0.15) is 30.8 Å². The second-order valence-corrected chi connectivity index (χ2v) is 5.31. The molecule has 0 unspecified atom stereocenters. The number of nitrogens with zero attached hydrogens (tertiary/aromatic N) is 2. The van der Waals surface area contributed by atoms with E-state index in [1.165, 1.54) is 6.07 Å². The minimum Gasteiger partial charge on any atom is -0.384 e. The monoisotopic (exact) mass is 258 g/mol. The summed E-state index contributed by atoms with van der Waals surface area (Å²) in [5.74, 6) is 0. The van der Waals surface area contributed by atoms with Crippen molar-refractivity contribution in [3.63, 3.8) is 0 Å². The van der Waals surface area contributed by atoms with Gasteiger partial charge in [0, 0.05) is 11.8 Å². The predicted octanol–water partition coefficient (Wildman–Crippen LogP) is 2.08. The fourth-order valence-corrected chi connectivity index (χ4v) is 1.99. The minimum absolute atomic E-state index is 0.152. The van der Waals surface area contributed by atoms with Crippen molar-refractivity contribution in [2.45, 2.75) is 33.3 Å². The number of hydrogen-bond acceptors (Lipinski definition) is 3. The third kappa shape index (κ3) is 2.74. The number of benzene rings is 1. The van der Waals surface area contributed by atoms with Gasteiger partial charge in [0.25, 0.3) is 0 Å². The Hall–Kier alpha value is -1.94. The van der Waals surface area contributed by atoms with Gasteiger partial charge in [-0.2, -0.15) is 5.10 Å². The molecule has 0 amide bonds. The molecular weight excluding hydrogens is 240 g/mol. The van der Waals surface area contributed by atoms with E-state index in [4.69, 9.17) is 0 Å². The molecule has 4 nitrogen and oxygen atoms in total. The number of rotatable bonds is 2. The van der Waals surface area contributed by atoms with Crippen molar-refractivity contribution in [3.8, 4) is 5.69 Å². The first-order valence-electron chi connectivity index (χ1n) is 6.20. The van der Waals surface area contributed by atoms with E-state index < -0.39 is 5.60 Å². The van der Waals surface area contributed by atoms with E-state index in [9.17, 15) is 9.90 Å². The molecule has 1 aromatic heterocycles. The summed E-state index contributed by atoms with van der Waals surface area (Å²) in [5.41, 5.74) is 1.39. The summed E-state index contributed by atoms with van der Waals surface area (Å²) in [6.07, 6.45) is 0. The number of aromatic nitrogens is 2. The van der Waals surface area contributed by atoms with Crippen LogP contribution >= 0.6 is 0 Å². The molecule has 0 atom stereocenters. The zero-order valence-corrected chi connectivity index (χ0v) is 11.6. The molecule has 0 aliphatic rings. The highest BCUT2D eigenvalue weighted by molar-refractivity contribution is 5.36. The Morgan fingerprint density at radius 3 is 2.47 bits per heavy atom. The summed E-state index contributed by atoms with van der Waals surface area (Å²) >= 11 is 0. The summed E-state index contributed by atoms with van der Waals surface area (Å²) in [4.78, 5) is 11.9. The van der Waals surface area contributed by atoms with Gasteiger partial charge < -0.3 is 5.11 Å². The number of aliphatic hydroxyl groups is 1. The molecular formula is C15H18N2O2. The van der Waals surface area contributed by atoms with Crippen molar-refractivity contribution in [2.75, 3.05) is 0 Å². The predicted molar refractivity (Wildman–Crippen MR) is 74.6 cm³/mol. The maximum Gasteiger partial charge on any atom is 0.206 e. The lowest BCUT2D eigenvalue weighted by Crippen LogP contribution is -2.30. The van der Waals surface area contributed by atoms with Crippen LogP contribution in [0.25, 0.3) is 5.69 Å². The quantitative estimate of drug-likeness (QED) is 0.897. The first-order chi connectivity index (χ1) is 8.79. The molecule has 0 aliphatic carbocycles. The largest absolute Gasteiger partial charge is 0.384 e. The molecule has 0 aliphatic heterocycles. The second-order valence-electron chi connectivity index (χ2n) is 5.31. The smallest absolute Gasteiger partial charge is 0.206 e. The van der Waals surface area contributed by atoms with Crippen molar-refractivity contribution in [2.24, 2.45) is 0 Å². The fraction of sp³-hybridized carbons (Fsp3) is 0.333. The maximum absolute atomic E-state index is 11.9. The van der Waals surface area contributed by atoms with Crippen LogP contribution in [0.5, 0.6) is 0 Å². The van der Waals surface area contributed by atoms with Gasteiger partial charge in [-0.1, -0.05) is 12.1 Å². The van der Waals surface area contributed by atoms with Crippen LogP contribution in [0.4, 0.5) is 0 Å². The van der Waals surface area contributed by atoms with Gasteiger partial charge in [-0.25, -0.2) is 4.68 Å². The SMILES string of the molecule is Cc1cccc(-n2nc(C(C)(C)O)c(=O)cc2C)c1. The van der Waals surface area contributed by atoms with Gasteiger partial charge in [0.05, 0.1) is 5.69 Å². The Bertz CT molecular complexity index is 667. The van der Waals surface area contributed by atoms with Crippen LogP contribution in [-0.2, 0) is 5.60 Å². The normalized spacial score (nSPS) is 11.6. The first-order valence-corrected chi connectivity index (χ1v) is 6.20. The molecule has 2 aromatic rings. The number of hydrogen-bond donors (Lipinski definition) is 1. The molecule has 100 valence electrons. The molecule has 1 N–H and O–H groups in total. The molecule has 0 bridgehead atoms. The summed E-state index contributed by atoms with van der Waals surface area (Å²) in [5, 5.41) is 14.3. The highest BCUT2D eigenvalue weighted by atomic mass is 16.3. The molecule has 1 aromatic carbocycles. The fourth-order valence-electron chi connectivity index (χ4n) is 1.99. The van der Waals surface area contributed by atoms with Gasteiger partial charge in [-0.3, -0.25) is 4.79 Å². The average molecular weight is 258 g/mol. The van der Waals surface area contributed by atoms with E-state index in [1.807, 2.05) is 38.1 Å². The van der Waals surface area contributed by atoms with E-state index in [0.29, 0.717) is 0 Å². The molecule has 4 heteroatoms. The second kappa shape index (κ2) is 4.63. The lowest BCUT2D eigenvalue weighted by atomic mass is 10.0. The van der Waals surface area contributed by atoms with Crippen LogP contribution in [-0.4, -0.2) is 14.9 Å². The van der Waals surface area contributed by atoms with E-state index in [0.717, 1.165) is 16.9 Å². The van der Waals surface area contributed by atoms with Gasteiger partial charge in [0.15, 0.2) is 0 Å². The molecule has 0 spiro atoms. The van der Waals surface area contributed by atoms with Crippen molar-refractivity contribution < 1.29 is 5.11 Å². The standard InChI is InChI=1S/C15H18N2O2/c1-10-6-5-7-12(8-10)17-11(2)9-13(18)14(16-17)15(3,4)19/h5-9,19H,1-4H3. The van der Waals surface area contributed by atoms with E-state index in [1.54, 1.807) is 18.5 Å². The van der Waals surface area contributed by atoms with Crippen LogP contribution in [0.2, 0.25) is 0 Å². The van der Waals surface area contributed by atoms with Crippen LogP contribution < -0.4 is 5.43 Å². The van der Waals surface area contributed by atoms with Crippen molar-refractivity contribution in [1.82, 2.24) is 9.78 Å². The minimum atomic E-state index is -1.25. The lowest BCUT2D eigenvalue weighted by molar-refractivity contribution is 0.0709. The van der Waals surface area contributed by atoms with Gasteiger partial charge in [-0.05, 0) is 45.4 Å². The summed E-state index contributed by atoms with van der Waals surface area (Å²) in [6, 6.07) is 9.35. The zero-order valence-electron chi connectivity index (χ0n) is 11.6. The third-order valence-corrected chi connectivity index (χ3v) is 2.93. The molecule has 0 fully saturated rings. The van der Waals surface area contributed by atoms with Gasteiger partial charge in [-0.15, -0.1) is 0 Å². The zero-order chi connectivity index (χ0) is 14.2. The van der Waals surface area contributed by atoms with Crippen molar-refractivity contribution in [3.05, 3.63) is 57.5 Å². The Morgan fingerprint density at radius 1 is 1.21 bits per heavy atom. The molecule has 1 heterocycles. The maximum atomic E-state index is 11.9. The average Bonchev–Trinajstić information content (AvgIpc) is 2.27. The summed E-state index contributed by atoms with van der Waals surface area (Å²) < 4.78 is 1.68. The molecule has 19 heavy (non-hydrogen) atoms. The van der Waals surface area contributed by atoms with Gasteiger partial charge in [0.2, 0.25) is 5.43 Å². The highest BCUT2D eigenvalue weighted by Crippen LogP contribution is 2.16. The molecule has 0 saturated carbocycles. The van der Waals surface area contributed by atoms with Gasteiger partial charge in [0.1, 0.15) is 11.3 Å².